The Morgan fingerprint density at radius 1 is 1.37 bits per heavy atom. The molecule has 2 heterocycles. The number of amides is 1. The summed E-state index contributed by atoms with van der Waals surface area (Å²) in [7, 11) is 0. The third-order valence-corrected chi connectivity index (χ3v) is 5.30. The van der Waals surface area contributed by atoms with E-state index in [9.17, 15) is 4.79 Å². The number of aryl methyl sites for hydroxylation is 1. The van der Waals surface area contributed by atoms with E-state index in [2.05, 4.69) is 43.0 Å². The van der Waals surface area contributed by atoms with Crippen LogP contribution in [-0.2, 0) is 11.3 Å². The minimum atomic E-state index is -0.111. The summed E-state index contributed by atoms with van der Waals surface area (Å²) >= 11 is 4.80. The van der Waals surface area contributed by atoms with Crippen molar-refractivity contribution in [3.63, 3.8) is 0 Å². The first-order chi connectivity index (χ1) is 13.1. The highest BCUT2D eigenvalue weighted by atomic mass is 79.9. The van der Waals surface area contributed by atoms with Crippen molar-refractivity contribution in [1.82, 2.24) is 19.7 Å². The van der Waals surface area contributed by atoms with Gasteiger partial charge in [-0.2, -0.15) is 0 Å². The number of anilines is 1. The molecule has 0 saturated heterocycles. The van der Waals surface area contributed by atoms with Crippen molar-refractivity contribution in [2.24, 2.45) is 0 Å². The summed E-state index contributed by atoms with van der Waals surface area (Å²) < 4.78 is 2.78. The number of nitrogens with one attached hydrogen (secondary N) is 1. The molecule has 3 aromatic rings. The van der Waals surface area contributed by atoms with Crippen LogP contribution in [0.2, 0.25) is 0 Å². The van der Waals surface area contributed by atoms with Gasteiger partial charge in [-0.25, -0.2) is 0 Å². The molecule has 1 amide bonds. The summed E-state index contributed by atoms with van der Waals surface area (Å²) in [4.78, 5) is 16.5. The second-order valence-electron chi connectivity index (χ2n) is 5.77. The van der Waals surface area contributed by atoms with Crippen molar-refractivity contribution in [1.29, 1.82) is 0 Å². The van der Waals surface area contributed by atoms with Crippen molar-refractivity contribution < 1.29 is 4.79 Å². The van der Waals surface area contributed by atoms with Gasteiger partial charge in [0.1, 0.15) is 0 Å². The number of thioether (sulfide) groups is 1. The highest BCUT2D eigenvalue weighted by Crippen LogP contribution is 2.26. The summed E-state index contributed by atoms with van der Waals surface area (Å²) in [5.41, 5.74) is 2.73. The predicted molar refractivity (Wildman–Crippen MR) is 112 cm³/mol. The summed E-state index contributed by atoms with van der Waals surface area (Å²) in [5, 5.41) is 12.0. The van der Waals surface area contributed by atoms with Crippen LogP contribution >= 0.6 is 27.7 Å². The maximum absolute atomic E-state index is 12.3. The van der Waals surface area contributed by atoms with Gasteiger partial charge in [0, 0.05) is 29.0 Å². The molecule has 0 bridgehead atoms. The Balaban J connectivity index is 1.71. The van der Waals surface area contributed by atoms with Gasteiger partial charge in [0.05, 0.1) is 11.4 Å². The van der Waals surface area contributed by atoms with Crippen molar-refractivity contribution in [3.8, 4) is 11.4 Å². The Labute approximate surface area is 170 Å². The largest absolute Gasteiger partial charge is 0.324 e. The van der Waals surface area contributed by atoms with Crippen LogP contribution in [0.3, 0.4) is 0 Å². The van der Waals surface area contributed by atoms with Crippen molar-refractivity contribution in [2.75, 3.05) is 11.1 Å². The van der Waals surface area contributed by atoms with E-state index in [-0.39, 0.29) is 11.7 Å². The molecular weight excluding hydrogens is 426 g/mol. The molecule has 0 aliphatic heterocycles. The van der Waals surface area contributed by atoms with E-state index in [0.29, 0.717) is 17.5 Å². The Bertz CT molecular complexity index is 958. The zero-order valence-corrected chi connectivity index (χ0v) is 17.1. The van der Waals surface area contributed by atoms with E-state index in [1.54, 1.807) is 18.5 Å². The number of carbonyl (C=O) groups excluding carboxylic acids is 1. The molecule has 1 N–H and O–H groups in total. The van der Waals surface area contributed by atoms with E-state index in [0.717, 1.165) is 21.3 Å². The minimum absolute atomic E-state index is 0.111. The van der Waals surface area contributed by atoms with Gasteiger partial charge in [-0.15, -0.1) is 16.8 Å². The number of halogens is 1. The third-order valence-electron chi connectivity index (χ3n) is 3.68. The summed E-state index contributed by atoms with van der Waals surface area (Å²) in [6.45, 7) is 6.34. The molecule has 0 fully saturated rings. The molecule has 8 heteroatoms. The van der Waals surface area contributed by atoms with Crippen LogP contribution in [0, 0.1) is 6.92 Å². The molecule has 1 aromatic carbocycles. The second-order valence-corrected chi connectivity index (χ2v) is 7.56. The average molecular weight is 444 g/mol. The van der Waals surface area contributed by atoms with E-state index in [1.165, 1.54) is 11.8 Å². The van der Waals surface area contributed by atoms with Crippen LogP contribution in [0.4, 0.5) is 5.69 Å². The fourth-order valence-electron chi connectivity index (χ4n) is 2.44. The Hall–Kier alpha value is -2.45. The zero-order valence-electron chi connectivity index (χ0n) is 14.7. The van der Waals surface area contributed by atoms with E-state index < -0.39 is 0 Å². The highest BCUT2D eigenvalue weighted by molar-refractivity contribution is 9.10. The van der Waals surface area contributed by atoms with Gasteiger partial charge in [0.15, 0.2) is 11.0 Å². The second kappa shape index (κ2) is 8.96. The SMILES string of the molecule is C=CCn1c(SCC(=O)Nc2ccc(C)cc2Br)nnc1-c1cccnc1. The third kappa shape index (κ3) is 4.84. The maximum atomic E-state index is 12.3. The first-order valence-corrected chi connectivity index (χ1v) is 9.99. The molecule has 27 heavy (non-hydrogen) atoms. The van der Waals surface area contributed by atoms with Crippen molar-refractivity contribution >= 4 is 39.3 Å². The Morgan fingerprint density at radius 3 is 2.93 bits per heavy atom. The number of allylic oxidation sites excluding steroid dienone is 1. The van der Waals surface area contributed by atoms with Gasteiger partial charge >= 0.3 is 0 Å². The monoisotopic (exact) mass is 443 g/mol. The van der Waals surface area contributed by atoms with Gasteiger partial charge in [-0.1, -0.05) is 23.9 Å². The van der Waals surface area contributed by atoms with Crippen LogP contribution in [0.1, 0.15) is 5.56 Å². The quantitative estimate of drug-likeness (QED) is 0.434. The standard InChI is InChI=1S/C19H18BrN5OS/c1-3-9-25-18(14-5-4-8-21-11-14)23-24-19(25)27-12-17(26)22-16-7-6-13(2)10-15(16)20/h3-8,10-11H,1,9,12H2,2H3,(H,22,26). The average Bonchev–Trinajstić information content (AvgIpc) is 3.06. The maximum Gasteiger partial charge on any atom is 0.234 e. The fourth-order valence-corrected chi connectivity index (χ4v) is 3.78. The molecule has 0 unspecified atom stereocenters. The number of hydrogen-bond acceptors (Lipinski definition) is 5. The molecule has 0 aliphatic rings. The van der Waals surface area contributed by atoms with E-state index in [1.807, 2.05) is 41.8 Å². The first-order valence-electron chi connectivity index (χ1n) is 8.22. The lowest BCUT2D eigenvalue weighted by molar-refractivity contribution is -0.113. The lowest BCUT2D eigenvalue weighted by Gasteiger charge is -2.09. The highest BCUT2D eigenvalue weighted by Gasteiger charge is 2.15. The molecule has 0 radical (unpaired) electrons. The molecule has 0 saturated carbocycles. The van der Waals surface area contributed by atoms with Crippen LogP contribution in [0.5, 0.6) is 0 Å². The molecule has 0 aliphatic carbocycles. The minimum Gasteiger partial charge on any atom is -0.324 e. The van der Waals surface area contributed by atoms with Gasteiger partial charge < -0.3 is 5.32 Å². The zero-order chi connectivity index (χ0) is 19.2. The molecule has 138 valence electrons. The van der Waals surface area contributed by atoms with Crippen molar-refractivity contribution in [2.45, 2.75) is 18.6 Å². The van der Waals surface area contributed by atoms with Crippen LogP contribution < -0.4 is 5.32 Å². The van der Waals surface area contributed by atoms with Crippen molar-refractivity contribution in [3.05, 3.63) is 65.4 Å². The number of hydrogen-bond donors (Lipinski definition) is 1. The summed E-state index contributed by atoms with van der Waals surface area (Å²) in [6.07, 6.45) is 5.22. The van der Waals surface area contributed by atoms with Crippen LogP contribution in [-0.4, -0.2) is 31.4 Å². The fraction of sp³-hybridized carbons (Fsp3) is 0.158. The van der Waals surface area contributed by atoms with Gasteiger partial charge in [0.25, 0.3) is 0 Å². The molecule has 2 aromatic heterocycles. The molecule has 0 spiro atoms. The van der Waals surface area contributed by atoms with Crippen LogP contribution in [0.25, 0.3) is 11.4 Å². The lowest BCUT2D eigenvalue weighted by Crippen LogP contribution is -2.15. The van der Waals surface area contributed by atoms with Gasteiger partial charge in [0.2, 0.25) is 5.91 Å². The number of benzene rings is 1. The van der Waals surface area contributed by atoms with Gasteiger partial charge in [-0.05, 0) is 52.7 Å². The Morgan fingerprint density at radius 2 is 2.22 bits per heavy atom. The number of rotatable bonds is 7. The first kappa shape index (κ1) is 19.3. The molecule has 3 rings (SSSR count). The van der Waals surface area contributed by atoms with E-state index in [4.69, 9.17) is 0 Å². The van der Waals surface area contributed by atoms with Crippen LogP contribution in [0.15, 0.2) is 65.0 Å². The number of aromatic nitrogens is 4. The summed E-state index contributed by atoms with van der Waals surface area (Å²) in [6, 6.07) is 9.56. The van der Waals surface area contributed by atoms with Gasteiger partial charge in [-0.3, -0.25) is 14.3 Å². The molecular formula is C19H18BrN5OS. The molecule has 6 nitrogen and oxygen atoms in total. The topological polar surface area (TPSA) is 72.7 Å². The normalized spacial score (nSPS) is 10.6. The number of carbonyl (C=O) groups is 1. The number of nitrogens with zero attached hydrogens (tertiary/aromatic N) is 4. The Kier molecular flexibility index (Phi) is 6.41. The lowest BCUT2D eigenvalue weighted by atomic mass is 10.2. The van der Waals surface area contributed by atoms with E-state index >= 15 is 0 Å². The predicted octanol–water partition coefficient (Wildman–Crippen LogP) is 4.33. The summed E-state index contributed by atoms with van der Waals surface area (Å²) in [5.74, 6) is 0.815. The molecule has 0 atom stereocenters. The number of pyridine rings is 1. The smallest absolute Gasteiger partial charge is 0.234 e.